The summed E-state index contributed by atoms with van der Waals surface area (Å²) in [7, 11) is 0. The van der Waals surface area contributed by atoms with Crippen LogP contribution in [0.4, 0.5) is 0 Å². The number of nitrogens with one attached hydrogen (secondary N) is 4. The van der Waals surface area contributed by atoms with Crippen molar-refractivity contribution in [2.45, 2.75) is 31.3 Å². The highest BCUT2D eigenvalue weighted by atomic mass is 16.2. The Morgan fingerprint density at radius 3 is 1.58 bits per heavy atom. The van der Waals surface area contributed by atoms with Crippen molar-refractivity contribution in [3.63, 3.8) is 0 Å². The Bertz CT molecular complexity index is 385. The van der Waals surface area contributed by atoms with Crippen LogP contribution < -0.4 is 21.3 Å². The maximum atomic E-state index is 11.2. The zero-order valence-electron chi connectivity index (χ0n) is 10.3. The molecule has 8 heteroatoms. The van der Waals surface area contributed by atoms with E-state index in [-0.39, 0.29) is 36.5 Å². The lowest BCUT2D eigenvalue weighted by Gasteiger charge is -2.11. The van der Waals surface area contributed by atoms with Crippen LogP contribution in [-0.2, 0) is 19.2 Å². The van der Waals surface area contributed by atoms with Crippen LogP contribution in [0, 0.1) is 0 Å². The van der Waals surface area contributed by atoms with Crippen molar-refractivity contribution in [2.75, 3.05) is 13.1 Å². The molecule has 104 valence electrons. The molecule has 2 rings (SSSR count). The number of imide groups is 2. The molecule has 0 bridgehead atoms. The first kappa shape index (κ1) is 13.6. The maximum Gasteiger partial charge on any atom is 0.244 e. The van der Waals surface area contributed by atoms with E-state index in [2.05, 4.69) is 21.3 Å². The van der Waals surface area contributed by atoms with Gasteiger partial charge in [-0.1, -0.05) is 0 Å². The van der Waals surface area contributed by atoms with Crippen LogP contribution in [-0.4, -0.2) is 48.8 Å². The highest BCUT2D eigenvalue weighted by molar-refractivity contribution is 6.06. The fourth-order valence-electron chi connectivity index (χ4n) is 2.08. The van der Waals surface area contributed by atoms with E-state index in [0.29, 0.717) is 19.5 Å². The SMILES string of the molecule is O=C1CC(NCCCNC2CC(=O)NC2=O)C(=O)N1. The molecule has 0 aliphatic carbocycles. The van der Waals surface area contributed by atoms with Gasteiger partial charge < -0.3 is 10.6 Å². The number of amides is 4. The molecule has 2 aliphatic rings. The van der Waals surface area contributed by atoms with Crippen LogP contribution in [0.2, 0.25) is 0 Å². The summed E-state index contributed by atoms with van der Waals surface area (Å²) in [6, 6.07) is -0.910. The molecular weight excluding hydrogens is 252 g/mol. The number of hydrogen-bond acceptors (Lipinski definition) is 6. The minimum atomic E-state index is -0.455. The smallest absolute Gasteiger partial charge is 0.244 e. The number of rotatable bonds is 6. The molecule has 2 fully saturated rings. The fraction of sp³-hybridized carbons (Fsp3) is 0.636. The molecule has 2 atom stereocenters. The van der Waals surface area contributed by atoms with Crippen LogP contribution in [0.1, 0.15) is 19.3 Å². The Hall–Kier alpha value is -1.80. The van der Waals surface area contributed by atoms with Gasteiger partial charge in [0.2, 0.25) is 23.6 Å². The molecule has 8 nitrogen and oxygen atoms in total. The topological polar surface area (TPSA) is 116 Å². The lowest BCUT2D eigenvalue weighted by atomic mass is 10.2. The third kappa shape index (κ3) is 3.58. The summed E-state index contributed by atoms with van der Waals surface area (Å²) >= 11 is 0. The Balaban J connectivity index is 1.58. The second-order valence-electron chi connectivity index (χ2n) is 4.60. The summed E-state index contributed by atoms with van der Waals surface area (Å²) in [5.74, 6) is -1.11. The van der Waals surface area contributed by atoms with Crippen LogP contribution in [0.15, 0.2) is 0 Å². The highest BCUT2D eigenvalue weighted by Gasteiger charge is 2.30. The van der Waals surface area contributed by atoms with Crippen LogP contribution in [0.25, 0.3) is 0 Å². The second kappa shape index (κ2) is 5.89. The van der Waals surface area contributed by atoms with Gasteiger partial charge in [-0.25, -0.2) is 0 Å². The second-order valence-corrected chi connectivity index (χ2v) is 4.60. The lowest BCUT2D eigenvalue weighted by molar-refractivity contribution is -0.126. The van der Waals surface area contributed by atoms with E-state index in [1.807, 2.05) is 0 Å². The molecule has 2 heterocycles. The molecule has 4 amide bonds. The molecule has 2 aliphatic heterocycles. The molecule has 0 aromatic rings. The van der Waals surface area contributed by atoms with Gasteiger partial charge in [-0.15, -0.1) is 0 Å². The minimum absolute atomic E-state index is 0.172. The lowest BCUT2D eigenvalue weighted by Crippen LogP contribution is -2.40. The van der Waals surface area contributed by atoms with E-state index in [9.17, 15) is 19.2 Å². The predicted molar refractivity (Wildman–Crippen MR) is 63.7 cm³/mol. The van der Waals surface area contributed by atoms with Gasteiger partial charge in [-0.2, -0.15) is 0 Å². The maximum absolute atomic E-state index is 11.2. The third-order valence-electron chi connectivity index (χ3n) is 3.07. The van der Waals surface area contributed by atoms with Gasteiger partial charge in [0.1, 0.15) is 0 Å². The van der Waals surface area contributed by atoms with E-state index in [1.54, 1.807) is 0 Å². The van der Waals surface area contributed by atoms with E-state index < -0.39 is 12.1 Å². The van der Waals surface area contributed by atoms with Crippen LogP contribution in [0.3, 0.4) is 0 Å². The predicted octanol–water partition coefficient (Wildman–Crippen LogP) is -2.61. The summed E-state index contributed by atoms with van der Waals surface area (Å²) in [6.07, 6.45) is 1.04. The standard InChI is InChI=1S/C11H16N4O4/c16-8-4-6(10(18)14-8)12-2-1-3-13-7-5-9(17)15-11(7)19/h6-7,12-13H,1-5H2,(H,14,16,18)(H,15,17,19). The molecule has 4 N–H and O–H groups in total. The molecule has 19 heavy (non-hydrogen) atoms. The van der Waals surface area contributed by atoms with Crippen molar-refractivity contribution in [1.82, 2.24) is 21.3 Å². The fourth-order valence-corrected chi connectivity index (χ4v) is 2.08. The van der Waals surface area contributed by atoms with Gasteiger partial charge in [0, 0.05) is 0 Å². The number of carbonyl (C=O) groups is 4. The average Bonchev–Trinajstić information content (AvgIpc) is 2.81. The summed E-state index contributed by atoms with van der Waals surface area (Å²) in [5.41, 5.74) is 0. The largest absolute Gasteiger partial charge is 0.305 e. The van der Waals surface area contributed by atoms with Crippen molar-refractivity contribution in [3.8, 4) is 0 Å². The van der Waals surface area contributed by atoms with Gasteiger partial charge in [0.25, 0.3) is 0 Å². The number of hydrogen-bond donors (Lipinski definition) is 4. The van der Waals surface area contributed by atoms with Crippen LogP contribution in [0.5, 0.6) is 0 Å². The molecule has 2 saturated heterocycles. The first-order valence-corrected chi connectivity index (χ1v) is 6.20. The molecule has 0 aromatic carbocycles. The van der Waals surface area contributed by atoms with Gasteiger partial charge in [-0.3, -0.25) is 29.8 Å². The van der Waals surface area contributed by atoms with Gasteiger partial charge in [0.15, 0.2) is 0 Å². The summed E-state index contributed by atoms with van der Waals surface area (Å²) in [6.45, 7) is 1.11. The Kier molecular flexibility index (Phi) is 4.23. The summed E-state index contributed by atoms with van der Waals surface area (Å²) in [4.78, 5) is 44.3. The van der Waals surface area contributed by atoms with E-state index in [0.717, 1.165) is 0 Å². The van der Waals surface area contributed by atoms with Gasteiger partial charge in [-0.05, 0) is 19.5 Å². The summed E-state index contributed by atoms with van der Waals surface area (Å²) in [5, 5.41) is 10.4. The molecule has 0 radical (unpaired) electrons. The zero-order valence-corrected chi connectivity index (χ0v) is 10.3. The highest BCUT2D eigenvalue weighted by Crippen LogP contribution is 2.02. The molecule has 2 unspecified atom stereocenters. The first-order chi connectivity index (χ1) is 9.06. The third-order valence-corrected chi connectivity index (χ3v) is 3.07. The van der Waals surface area contributed by atoms with Gasteiger partial charge in [0.05, 0.1) is 24.9 Å². The molecule has 0 spiro atoms. The van der Waals surface area contributed by atoms with Crippen LogP contribution >= 0.6 is 0 Å². The number of carbonyl (C=O) groups excluding carboxylic acids is 4. The molecular formula is C11H16N4O4. The quantitative estimate of drug-likeness (QED) is 0.310. The summed E-state index contributed by atoms with van der Waals surface area (Å²) < 4.78 is 0. The Morgan fingerprint density at radius 2 is 1.26 bits per heavy atom. The average molecular weight is 268 g/mol. The van der Waals surface area contributed by atoms with Crippen molar-refractivity contribution in [3.05, 3.63) is 0 Å². The molecule has 0 aromatic heterocycles. The van der Waals surface area contributed by atoms with E-state index in [1.165, 1.54) is 0 Å². The Labute approximate surface area is 109 Å². The first-order valence-electron chi connectivity index (χ1n) is 6.20. The Morgan fingerprint density at radius 1 is 0.842 bits per heavy atom. The zero-order chi connectivity index (χ0) is 13.8. The van der Waals surface area contributed by atoms with Crippen molar-refractivity contribution in [1.29, 1.82) is 0 Å². The van der Waals surface area contributed by atoms with Gasteiger partial charge >= 0.3 is 0 Å². The minimum Gasteiger partial charge on any atom is -0.305 e. The molecule has 0 saturated carbocycles. The van der Waals surface area contributed by atoms with Crippen molar-refractivity contribution >= 4 is 23.6 Å². The van der Waals surface area contributed by atoms with Crippen molar-refractivity contribution in [2.24, 2.45) is 0 Å². The van der Waals surface area contributed by atoms with E-state index in [4.69, 9.17) is 0 Å². The monoisotopic (exact) mass is 268 g/mol. The van der Waals surface area contributed by atoms with Crippen molar-refractivity contribution < 1.29 is 19.2 Å². The van der Waals surface area contributed by atoms with E-state index >= 15 is 0 Å². The normalized spacial score (nSPS) is 26.7.